The minimum absolute atomic E-state index is 0.227. The van der Waals surface area contributed by atoms with Crippen molar-refractivity contribution < 1.29 is 23.9 Å². The van der Waals surface area contributed by atoms with Gasteiger partial charge in [-0.3, -0.25) is 9.69 Å². The highest BCUT2D eigenvalue weighted by Gasteiger charge is 2.35. The number of esters is 1. The van der Waals surface area contributed by atoms with Crippen LogP contribution in [0.25, 0.3) is 0 Å². The van der Waals surface area contributed by atoms with Crippen LogP contribution < -0.4 is 0 Å². The summed E-state index contributed by atoms with van der Waals surface area (Å²) in [6, 6.07) is 7.68. The molecular formula is C16H21NO5. The molecule has 1 unspecified atom stereocenters. The number of Topliss-reactive ketones (excluding diaryl/α,β-unsaturated/α-hetero) is 1. The van der Waals surface area contributed by atoms with Crippen LogP contribution in [0.3, 0.4) is 0 Å². The third kappa shape index (κ3) is 4.31. The van der Waals surface area contributed by atoms with E-state index in [0.717, 1.165) is 4.90 Å². The van der Waals surface area contributed by atoms with Crippen LogP contribution in [-0.2, 0) is 14.3 Å². The number of benzene rings is 1. The first-order chi connectivity index (χ1) is 10.4. The quantitative estimate of drug-likeness (QED) is 0.594. The number of methoxy groups -OCH3 is 2. The number of ketones is 1. The summed E-state index contributed by atoms with van der Waals surface area (Å²) >= 11 is 0. The van der Waals surface area contributed by atoms with Gasteiger partial charge < -0.3 is 9.47 Å². The van der Waals surface area contributed by atoms with Gasteiger partial charge in [0, 0.05) is 5.56 Å². The van der Waals surface area contributed by atoms with E-state index < -0.39 is 18.1 Å². The summed E-state index contributed by atoms with van der Waals surface area (Å²) in [5.74, 6) is -1.09. The molecule has 1 amide bonds. The third-order valence-electron chi connectivity index (χ3n) is 3.23. The Labute approximate surface area is 130 Å². The van der Waals surface area contributed by atoms with Crippen LogP contribution in [0.1, 0.15) is 24.2 Å². The van der Waals surface area contributed by atoms with E-state index in [4.69, 9.17) is 9.47 Å². The SMILES string of the molecule is COC(=O)C(C(C)C)N(CC(=O)c1ccccc1)C(=O)OC. The van der Waals surface area contributed by atoms with Gasteiger partial charge in [0.15, 0.2) is 5.78 Å². The second-order valence-electron chi connectivity index (χ2n) is 5.10. The van der Waals surface area contributed by atoms with Gasteiger partial charge in [0.05, 0.1) is 20.8 Å². The maximum atomic E-state index is 12.3. The van der Waals surface area contributed by atoms with E-state index in [1.165, 1.54) is 14.2 Å². The Bertz CT molecular complexity index is 527. The lowest BCUT2D eigenvalue weighted by Crippen LogP contribution is -2.50. The van der Waals surface area contributed by atoms with Crippen LogP contribution in [0.4, 0.5) is 4.79 Å². The number of nitrogens with zero attached hydrogens (tertiary/aromatic N) is 1. The fourth-order valence-corrected chi connectivity index (χ4v) is 2.14. The first-order valence-electron chi connectivity index (χ1n) is 6.93. The van der Waals surface area contributed by atoms with Crippen molar-refractivity contribution in [3.63, 3.8) is 0 Å². The van der Waals surface area contributed by atoms with Crippen molar-refractivity contribution in [1.82, 2.24) is 4.90 Å². The smallest absolute Gasteiger partial charge is 0.410 e. The summed E-state index contributed by atoms with van der Waals surface area (Å²) in [6.45, 7) is 3.28. The van der Waals surface area contributed by atoms with E-state index in [2.05, 4.69) is 0 Å². The third-order valence-corrected chi connectivity index (χ3v) is 3.23. The second-order valence-corrected chi connectivity index (χ2v) is 5.10. The first-order valence-corrected chi connectivity index (χ1v) is 6.93. The van der Waals surface area contributed by atoms with Gasteiger partial charge >= 0.3 is 12.1 Å². The second kappa shape index (κ2) is 8.17. The molecule has 6 heteroatoms. The van der Waals surface area contributed by atoms with Gasteiger partial charge in [-0.2, -0.15) is 0 Å². The molecule has 0 aliphatic rings. The molecule has 0 bridgehead atoms. The lowest BCUT2D eigenvalue weighted by Gasteiger charge is -2.30. The number of ether oxygens (including phenoxy) is 2. The first kappa shape index (κ1) is 17.7. The Kier molecular flexibility index (Phi) is 6.56. The Hall–Kier alpha value is -2.37. The molecule has 0 saturated carbocycles. The Morgan fingerprint density at radius 1 is 1.05 bits per heavy atom. The summed E-state index contributed by atoms with van der Waals surface area (Å²) in [4.78, 5) is 37.4. The summed E-state index contributed by atoms with van der Waals surface area (Å²) in [7, 11) is 2.45. The molecule has 120 valence electrons. The van der Waals surface area contributed by atoms with Crippen molar-refractivity contribution in [3.8, 4) is 0 Å². The van der Waals surface area contributed by atoms with E-state index in [1.54, 1.807) is 44.2 Å². The minimum atomic E-state index is -0.884. The van der Waals surface area contributed by atoms with Crippen LogP contribution >= 0.6 is 0 Å². The summed E-state index contributed by atoms with van der Waals surface area (Å²) in [5.41, 5.74) is 0.462. The van der Waals surface area contributed by atoms with Crippen molar-refractivity contribution in [2.24, 2.45) is 5.92 Å². The predicted molar refractivity (Wildman–Crippen MR) is 80.5 cm³/mol. The van der Waals surface area contributed by atoms with Crippen molar-refractivity contribution in [1.29, 1.82) is 0 Å². The van der Waals surface area contributed by atoms with Gasteiger partial charge in [0.1, 0.15) is 6.04 Å². The standard InChI is InChI=1S/C16H21NO5/c1-11(2)14(15(19)21-3)17(16(20)22-4)10-13(18)12-8-6-5-7-9-12/h5-9,11,14H,10H2,1-4H3. The Balaban J connectivity index is 3.04. The summed E-state index contributed by atoms with van der Waals surface area (Å²) in [5, 5.41) is 0. The highest BCUT2D eigenvalue weighted by Crippen LogP contribution is 2.15. The molecule has 0 radical (unpaired) electrons. The van der Waals surface area contributed by atoms with E-state index in [0.29, 0.717) is 5.56 Å². The topological polar surface area (TPSA) is 72.9 Å². The molecule has 1 atom stereocenters. The molecule has 0 spiro atoms. The van der Waals surface area contributed by atoms with Gasteiger partial charge in [-0.05, 0) is 5.92 Å². The van der Waals surface area contributed by atoms with Crippen molar-refractivity contribution in [2.45, 2.75) is 19.9 Å². The molecule has 0 N–H and O–H groups in total. The van der Waals surface area contributed by atoms with Crippen molar-refractivity contribution >= 4 is 17.8 Å². The van der Waals surface area contributed by atoms with Crippen LogP contribution in [0.15, 0.2) is 30.3 Å². The molecule has 6 nitrogen and oxygen atoms in total. The molecule has 0 heterocycles. The predicted octanol–water partition coefficient (Wildman–Crippen LogP) is 2.14. The van der Waals surface area contributed by atoms with Gasteiger partial charge in [-0.15, -0.1) is 0 Å². The van der Waals surface area contributed by atoms with E-state index in [9.17, 15) is 14.4 Å². The zero-order valence-corrected chi connectivity index (χ0v) is 13.2. The van der Waals surface area contributed by atoms with E-state index >= 15 is 0 Å². The molecule has 1 aromatic rings. The van der Waals surface area contributed by atoms with Gasteiger partial charge in [0.2, 0.25) is 0 Å². The number of rotatable bonds is 6. The van der Waals surface area contributed by atoms with E-state index in [1.807, 2.05) is 0 Å². The monoisotopic (exact) mass is 307 g/mol. The molecule has 1 rings (SSSR count). The molecule has 0 saturated heterocycles. The fraction of sp³-hybridized carbons (Fsp3) is 0.438. The van der Waals surface area contributed by atoms with Crippen molar-refractivity contribution in [2.75, 3.05) is 20.8 Å². The number of carbonyl (C=O) groups is 3. The largest absolute Gasteiger partial charge is 0.467 e. The maximum Gasteiger partial charge on any atom is 0.410 e. The van der Waals surface area contributed by atoms with Gasteiger partial charge in [-0.1, -0.05) is 44.2 Å². The van der Waals surface area contributed by atoms with Crippen LogP contribution in [0.2, 0.25) is 0 Å². The zero-order chi connectivity index (χ0) is 16.7. The molecule has 0 aliphatic carbocycles. The number of amides is 1. The lowest BCUT2D eigenvalue weighted by molar-refractivity contribution is -0.147. The van der Waals surface area contributed by atoms with Gasteiger partial charge in [0.25, 0.3) is 0 Å². The normalized spacial score (nSPS) is 11.7. The molecule has 1 aromatic carbocycles. The van der Waals surface area contributed by atoms with Gasteiger partial charge in [-0.25, -0.2) is 9.59 Å². The van der Waals surface area contributed by atoms with Crippen LogP contribution in [-0.4, -0.2) is 49.6 Å². The molecular weight excluding hydrogens is 286 g/mol. The molecule has 0 fully saturated rings. The highest BCUT2D eigenvalue weighted by atomic mass is 16.5. The highest BCUT2D eigenvalue weighted by molar-refractivity contribution is 5.99. The number of hydrogen-bond donors (Lipinski definition) is 0. The molecule has 0 aromatic heterocycles. The van der Waals surface area contributed by atoms with Crippen LogP contribution in [0.5, 0.6) is 0 Å². The van der Waals surface area contributed by atoms with Crippen LogP contribution in [0, 0.1) is 5.92 Å². The number of carbonyl (C=O) groups excluding carboxylic acids is 3. The maximum absolute atomic E-state index is 12.3. The molecule has 0 aliphatic heterocycles. The fourth-order valence-electron chi connectivity index (χ4n) is 2.14. The summed E-state index contributed by atoms with van der Waals surface area (Å²) in [6.07, 6.45) is -0.742. The van der Waals surface area contributed by atoms with E-state index in [-0.39, 0.29) is 18.2 Å². The van der Waals surface area contributed by atoms with Crippen molar-refractivity contribution in [3.05, 3.63) is 35.9 Å². The average Bonchev–Trinajstić information content (AvgIpc) is 2.53. The zero-order valence-electron chi connectivity index (χ0n) is 13.2. The average molecular weight is 307 g/mol. The minimum Gasteiger partial charge on any atom is -0.467 e. The Morgan fingerprint density at radius 3 is 2.09 bits per heavy atom. The number of hydrogen-bond acceptors (Lipinski definition) is 5. The molecule has 22 heavy (non-hydrogen) atoms. The Morgan fingerprint density at radius 2 is 1.64 bits per heavy atom. The lowest BCUT2D eigenvalue weighted by atomic mass is 10.0. The summed E-state index contributed by atoms with van der Waals surface area (Å²) < 4.78 is 9.44.